The van der Waals surface area contributed by atoms with E-state index in [0.29, 0.717) is 5.95 Å². The van der Waals surface area contributed by atoms with Crippen LogP contribution >= 0.6 is 0 Å². The van der Waals surface area contributed by atoms with Gasteiger partial charge in [0.15, 0.2) is 0 Å². The van der Waals surface area contributed by atoms with Gasteiger partial charge in [0, 0.05) is 12.7 Å². The molecular formula is C16H16N4O. The number of carbonyl (C=O) groups excluding carboxylic acids is 1. The number of para-hydroxylation sites is 3. The van der Waals surface area contributed by atoms with Gasteiger partial charge in [-0.05, 0) is 30.7 Å². The molecule has 5 nitrogen and oxygen atoms in total. The maximum atomic E-state index is 12.1. The van der Waals surface area contributed by atoms with E-state index in [9.17, 15) is 4.79 Å². The van der Waals surface area contributed by atoms with E-state index in [4.69, 9.17) is 0 Å². The number of hydrogen-bond acceptors (Lipinski definition) is 2. The molecule has 0 bridgehead atoms. The van der Waals surface area contributed by atoms with Crippen molar-refractivity contribution in [1.29, 1.82) is 0 Å². The first kappa shape index (κ1) is 13.2. The molecule has 106 valence electrons. The number of fused-ring (bicyclic) bond motifs is 1. The van der Waals surface area contributed by atoms with Crippen LogP contribution in [0, 0.1) is 6.92 Å². The van der Waals surface area contributed by atoms with Crippen molar-refractivity contribution in [2.24, 2.45) is 7.05 Å². The predicted molar refractivity (Wildman–Crippen MR) is 84.5 cm³/mol. The summed E-state index contributed by atoms with van der Waals surface area (Å²) in [7, 11) is 1.87. The number of hydrogen-bond donors (Lipinski definition) is 2. The standard InChI is InChI=1S/C16H16N4O/c1-11-7-3-4-8-12(11)18-16(21)19-15-17-13-9-5-6-10-14(13)20(15)2/h3-10H,1-2H3,(H2,17,18,19,21). The maximum absolute atomic E-state index is 12.1. The third-order valence-electron chi connectivity index (χ3n) is 3.41. The molecule has 0 saturated carbocycles. The molecule has 1 heterocycles. The Morgan fingerprint density at radius 1 is 1.05 bits per heavy atom. The molecule has 1 aromatic heterocycles. The van der Waals surface area contributed by atoms with Gasteiger partial charge in [-0.25, -0.2) is 9.78 Å². The van der Waals surface area contributed by atoms with Crippen molar-refractivity contribution >= 4 is 28.7 Å². The smallest absolute Gasteiger partial charge is 0.313 e. The van der Waals surface area contributed by atoms with Crippen molar-refractivity contribution in [3.63, 3.8) is 0 Å². The first-order valence-corrected chi connectivity index (χ1v) is 6.70. The van der Waals surface area contributed by atoms with Gasteiger partial charge in [0.2, 0.25) is 5.95 Å². The molecule has 2 amide bonds. The number of rotatable bonds is 2. The lowest BCUT2D eigenvalue weighted by Crippen LogP contribution is -2.21. The molecule has 0 aliphatic rings. The van der Waals surface area contributed by atoms with Gasteiger partial charge in [-0.2, -0.15) is 0 Å². The van der Waals surface area contributed by atoms with E-state index in [1.54, 1.807) is 0 Å². The molecule has 0 radical (unpaired) electrons. The topological polar surface area (TPSA) is 59.0 Å². The number of nitrogens with zero attached hydrogens (tertiary/aromatic N) is 2. The summed E-state index contributed by atoms with van der Waals surface area (Å²) in [6.07, 6.45) is 0. The highest BCUT2D eigenvalue weighted by atomic mass is 16.2. The van der Waals surface area contributed by atoms with Gasteiger partial charge < -0.3 is 9.88 Å². The molecular weight excluding hydrogens is 264 g/mol. The van der Waals surface area contributed by atoms with Gasteiger partial charge in [0.05, 0.1) is 11.0 Å². The molecule has 2 aromatic carbocycles. The van der Waals surface area contributed by atoms with E-state index >= 15 is 0 Å². The summed E-state index contributed by atoms with van der Waals surface area (Å²) < 4.78 is 1.85. The second-order valence-corrected chi connectivity index (χ2v) is 4.88. The van der Waals surface area contributed by atoms with E-state index in [-0.39, 0.29) is 6.03 Å². The number of anilines is 2. The number of amides is 2. The fourth-order valence-electron chi connectivity index (χ4n) is 2.23. The third-order valence-corrected chi connectivity index (χ3v) is 3.41. The van der Waals surface area contributed by atoms with Gasteiger partial charge in [-0.3, -0.25) is 5.32 Å². The Morgan fingerprint density at radius 3 is 2.52 bits per heavy atom. The van der Waals surface area contributed by atoms with Crippen LogP contribution < -0.4 is 10.6 Å². The number of carbonyl (C=O) groups is 1. The molecule has 0 unspecified atom stereocenters. The largest absolute Gasteiger partial charge is 0.326 e. The van der Waals surface area contributed by atoms with Crippen molar-refractivity contribution in [2.45, 2.75) is 6.92 Å². The minimum atomic E-state index is -0.303. The normalized spacial score (nSPS) is 10.6. The average molecular weight is 280 g/mol. The minimum Gasteiger partial charge on any atom is -0.313 e. The van der Waals surface area contributed by atoms with E-state index in [1.165, 1.54) is 0 Å². The van der Waals surface area contributed by atoms with Crippen LogP contribution in [0.15, 0.2) is 48.5 Å². The molecule has 0 spiro atoms. The summed E-state index contributed by atoms with van der Waals surface area (Å²) in [6.45, 7) is 1.95. The van der Waals surface area contributed by atoms with Crippen LogP contribution in [-0.4, -0.2) is 15.6 Å². The van der Waals surface area contributed by atoms with E-state index in [1.807, 2.05) is 67.1 Å². The fraction of sp³-hybridized carbons (Fsp3) is 0.125. The summed E-state index contributed by atoms with van der Waals surface area (Å²) in [6, 6.07) is 15.1. The van der Waals surface area contributed by atoms with Gasteiger partial charge in [0.25, 0.3) is 0 Å². The van der Waals surface area contributed by atoms with Crippen molar-refractivity contribution in [3.05, 3.63) is 54.1 Å². The Balaban J connectivity index is 1.81. The Labute approximate surface area is 122 Å². The number of aromatic nitrogens is 2. The summed E-state index contributed by atoms with van der Waals surface area (Å²) >= 11 is 0. The van der Waals surface area contributed by atoms with Gasteiger partial charge in [0.1, 0.15) is 0 Å². The summed E-state index contributed by atoms with van der Waals surface area (Å²) in [5.41, 5.74) is 3.63. The monoisotopic (exact) mass is 280 g/mol. The summed E-state index contributed by atoms with van der Waals surface area (Å²) in [4.78, 5) is 16.5. The van der Waals surface area contributed by atoms with Crippen molar-refractivity contribution < 1.29 is 4.79 Å². The predicted octanol–water partition coefficient (Wildman–Crippen LogP) is 3.53. The lowest BCUT2D eigenvalue weighted by Gasteiger charge is -2.09. The molecule has 3 rings (SSSR count). The van der Waals surface area contributed by atoms with Crippen LogP contribution in [0.4, 0.5) is 16.4 Å². The first-order valence-electron chi connectivity index (χ1n) is 6.70. The number of urea groups is 1. The zero-order valence-corrected chi connectivity index (χ0v) is 11.9. The number of benzene rings is 2. The minimum absolute atomic E-state index is 0.303. The Kier molecular flexibility index (Phi) is 3.31. The second kappa shape index (κ2) is 5.28. The highest BCUT2D eigenvalue weighted by Gasteiger charge is 2.10. The van der Waals surface area contributed by atoms with Crippen LogP contribution in [0.3, 0.4) is 0 Å². The highest BCUT2D eigenvalue weighted by molar-refractivity contribution is 6.00. The number of imidazole rings is 1. The molecule has 0 aliphatic carbocycles. The highest BCUT2D eigenvalue weighted by Crippen LogP contribution is 2.18. The molecule has 3 aromatic rings. The third kappa shape index (κ3) is 2.58. The lowest BCUT2D eigenvalue weighted by atomic mass is 10.2. The zero-order chi connectivity index (χ0) is 14.8. The molecule has 5 heteroatoms. The van der Waals surface area contributed by atoms with Crippen molar-refractivity contribution in [2.75, 3.05) is 10.6 Å². The van der Waals surface area contributed by atoms with Gasteiger partial charge in [-0.1, -0.05) is 30.3 Å². The zero-order valence-electron chi connectivity index (χ0n) is 11.9. The van der Waals surface area contributed by atoms with E-state index in [0.717, 1.165) is 22.3 Å². The van der Waals surface area contributed by atoms with E-state index < -0.39 is 0 Å². The molecule has 0 aliphatic heterocycles. The molecule has 2 N–H and O–H groups in total. The van der Waals surface area contributed by atoms with Crippen molar-refractivity contribution in [3.8, 4) is 0 Å². The number of aryl methyl sites for hydroxylation is 2. The fourth-order valence-corrected chi connectivity index (χ4v) is 2.23. The Bertz CT molecular complexity index is 807. The Hall–Kier alpha value is -2.82. The van der Waals surface area contributed by atoms with Gasteiger partial charge in [-0.15, -0.1) is 0 Å². The molecule has 0 fully saturated rings. The van der Waals surface area contributed by atoms with Crippen molar-refractivity contribution in [1.82, 2.24) is 9.55 Å². The van der Waals surface area contributed by atoms with Crippen LogP contribution in [0.25, 0.3) is 11.0 Å². The van der Waals surface area contributed by atoms with Crippen LogP contribution in [0.5, 0.6) is 0 Å². The molecule has 21 heavy (non-hydrogen) atoms. The lowest BCUT2D eigenvalue weighted by molar-refractivity contribution is 0.262. The van der Waals surface area contributed by atoms with E-state index in [2.05, 4.69) is 15.6 Å². The Morgan fingerprint density at radius 2 is 1.76 bits per heavy atom. The molecule has 0 saturated heterocycles. The average Bonchev–Trinajstić information content (AvgIpc) is 2.78. The van der Waals surface area contributed by atoms with Crippen LogP contribution in [0.2, 0.25) is 0 Å². The summed E-state index contributed by atoms with van der Waals surface area (Å²) in [5.74, 6) is 0.516. The van der Waals surface area contributed by atoms with Crippen LogP contribution in [0.1, 0.15) is 5.56 Å². The molecule has 0 atom stereocenters. The van der Waals surface area contributed by atoms with Gasteiger partial charge >= 0.3 is 6.03 Å². The SMILES string of the molecule is Cc1ccccc1NC(=O)Nc1nc2ccccc2n1C. The summed E-state index contributed by atoms with van der Waals surface area (Å²) in [5, 5.41) is 5.60. The van der Waals surface area contributed by atoms with Crippen LogP contribution in [-0.2, 0) is 7.05 Å². The second-order valence-electron chi connectivity index (χ2n) is 4.88. The quantitative estimate of drug-likeness (QED) is 0.754. The maximum Gasteiger partial charge on any atom is 0.326 e. The first-order chi connectivity index (χ1) is 10.1. The number of nitrogens with one attached hydrogen (secondary N) is 2.